The van der Waals surface area contributed by atoms with Gasteiger partial charge in [0.15, 0.2) is 0 Å². The van der Waals surface area contributed by atoms with E-state index in [-0.39, 0.29) is 26.3 Å². The van der Waals surface area contributed by atoms with Gasteiger partial charge in [-0.2, -0.15) is 4.98 Å². The summed E-state index contributed by atoms with van der Waals surface area (Å²) < 4.78 is 0.254. The van der Waals surface area contributed by atoms with Gasteiger partial charge in [0.05, 0.1) is 0 Å². The standard InChI is InChI=1S/C9H11IN2O2/c1-9(2)3-4(9)6-11-7(13)5(10)8(14)12-6/h4H,3H2,1-2H3,(H2,11,12,13,14). The fourth-order valence-corrected chi connectivity index (χ4v) is 1.82. The molecule has 1 aliphatic carbocycles. The number of halogens is 1. The van der Waals surface area contributed by atoms with Crippen molar-refractivity contribution in [1.82, 2.24) is 9.97 Å². The molecule has 0 radical (unpaired) electrons. The average molecular weight is 306 g/mol. The first kappa shape index (κ1) is 9.95. The molecule has 1 aromatic heterocycles. The Morgan fingerprint density at radius 1 is 1.64 bits per heavy atom. The second kappa shape index (κ2) is 2.95. The van der Waals surface area contributed by atoms with Crippen LogP contribution in [0.25, 0.3) is 0 Å². The van der Waals surface area contributed by atoms with Crippen LogP contribution in [0.3, 0.4) is 0 Å². The average Bonchev–Trinajstić information content (AvgIpc) is 2.70. The van der Waals surface area contributed by atoms with Crippen LogP contribution in [0.4, 0.5) is 0 Å². The van der Waals surface area contributed by atoms with Crippen LogP contribution in [-0.2, 0) is 0 Å². The lowest BCUT2D eigenvalue weighted by Crippen LogP contribution is -2.14. The maximum atomic E-state index is 11.3. The normalized spacial score (nSPS) is 23.5. The number of hydrogen-bond donors (Lipinski definition) is 2. The van der Waals surface area contributed by atoms with Crippen molar-refractivity contribution in [1.29, 1.82) is 0 Å². The molecule has 2 N–H and O–H groups in total. The van der Waals surface area contributed by atoms with Gasteiger partial charge in [-0.05, 0) is 34.4 Å². The third-order valence-corrected chi connectivity index (χ3v) is 3.68. The molecule has 0 bridgehead atoms. The summed E-state index contributed by atoms with van der Waals surface area (Å²) in [5, 5.41) is 9.39. The van der Waals surface area contributed by atoms with E-state index in [0.717, 1.165) is 6.42 Å². The zero-order valence-corrected chi connectivity index (χ0v) is 10.1. The summed E-state index contributed by atoms with van der Waals surface area (Å²) >= 11 is 1.78. The van der Waals surface area contributed by atoms with Gasteiger partial charge < -0.3 is 10.1 Å². The molecular formula is C9H11IN2O2. The van der Waals surface area contributed by atoms with Crippen molar-refractivity contribution in [2.45, 2.75) is 26.2 Å². The number of rotatable bonds is 1. The largest absolute Gasteiger partial charge is 0.492 e. The highest BCUT2D eigenvalue weighted by molar-refractivity contribution is 14.1. The molecular weight excluding hydrogens is 295 g/mol. The number of nitrogens with zero attached hydrogens (tertiary/aromatic N) is 1. The van der Waals surface area contributed by atoms with Crippen molar-refractivity contribution in [3.05, 3.63) is 19.7 Å². The van der Waals surface area contributed by atoms with E-state index in [2.05, 4.69) is 23.8 Å². The molecule has 0 aliphatic heterocycles. The summed E-state index contributed by atoms with van der Waals surface area (Å²) in [4.78, 5) is 18.0. The molecule has 1 fully saturated rings. The van der Waals surface area contributed by atoms with Gasteiger partial charge in [0, 0.05) is 5.92 Å². The second-order valence-electron chi connectivity index (χ2n) is 4.33. The zero-order valence-electron chi connectivity index (χ0n) is 7.97. The lowest BCUT2D eigenvalue weighted by molar-refractivity contribution is 0.441. The number of aromatic amines is 1. The Hall–Kier alpha value is -0.590. The molecule has 4 nitrogen and oxygen atoms in total. The van der Waals surface area contributed by atoms with E-state index in [4.69, 9.17) is 0 Å². The quantitative estimate of drug-likeness (QED) is 0.775. The molecule has 2 rings (SSSR count). The van der Waals surface area contributed by atoms with Gasteiger partial charge in [-0.25, -0.2) is 0 Å². The topological polar surface area (TPSA) is 66.0 Å². The summed E-state index contributed by atoms with van der Waals surface area (Å²) in [6, 6.07) is 0. The smallest absolute Gasteiger partial charge is 0.268 e. The first-order chi connectivity index (χ1) is 6.42. The number of aromatic hydroxyl groups is 1. The van der Waals surface area contributed by atoms with E-state index in [1.165, 1.54) is 0 Å². The maximum Gasteiger partial charge on any atom is 0.268 e. The Balaban J connectivity index is 2.43. The van der Waals surface area contributed by atoms with Crippen LogP contribution in [0.5, 0.6) is 5.88 Å². The Morgan fingerprint density at radius 2 is 2.21 bits per heavy atom. The zero-order chi connectivity index (χ0) is 10.5. The van der Waals surface area contributed by atoms with E-state index < -0.39 is 0 Å². The van der Waals surface area contributed by atoms with E-state index in [9.17, 15) is 9.90 Å². The van der Waals surface area contributed by atoms with Crippen molar-refractivity contribution in [2.75, 3.05) is 0 Å². The highest BCUT2D eigenvalue weighted by Gasteiger charge is 2.48. The summed E-state index contributed by atoms with van der Waals surface area (Å²) in [5.41, 5.74) is -0.0503. The molecule has 1 saturated carbocycles. The highest BCUT2D eigenvalue weighted by Crippen LogP contribution is 2.57. The Morgan fingerprint density at radius 3 is 2.64 bits per heavy atom. The van der Waals surface area contributed by atoms with Gasteiger partial charge in [-0.1, -0.05) is 13.8 Å². The van der Waals surface area contributed by atoms with Crippen molar-refractivity contribution in [2.24, 2.45) is 5.41 Å². The van der Waals surface area contributed by atoms with E-state index in [0.29, 0.717) is 5.82 Å². The van der Waals surface area contributed by atoms with Gasteiger partial charge in [-0.3, -0.25) is 4.79 Å². The molecule has 0 saturated heterocycles. The Kier molecular flexibility index (Phi) is 2.09. The first-order valence-corrected chi connectivity index (χ1v) is 5.48. The fourth-order valence-electron chi connectivity index (χ4n) is 1.56. The Bertz CT molecular complexity index is 439. The molecule has 1 heterocycles. The molecule has 1 aliphatic rings. The molecule has 0 aromatic carbocycles. The van der Waals surface area contributed by atoms with Gasteiger partial charge >= 0.3 is 0 Å². The molecule has 14 heavy (non-hydrogen) atoms. The van der Waals surface area contributed by atoms with Crippen molar-refractivity contribution >= 4 is 22.6 Å². The minimum atomic E-state index is -0.254. The predicted molar refractivity (Wildman–Crippen MR) is 60.4 cm³/mol. The molecule has 1 atom stereocenters. The monoisotopic (exact) mass is 306 g/mol. The van der Waals surface area contributed by atoms with Crippen LogP contribution >= 0.6 is 22.6 Å². The van der Waals surface area contributed by atoms with Crippen LogP contribution < -0.4 is 5.56 Å². The molecule has 0 spiro atoms. The predicted octanol–water partition coefficient (Wildman–Crippen LogP) is 1.59. The van der Waals surface area contributed by atoms with Gasteiger partial charge in [0.2, 0.25) is 5.88 Å². The van der Waals surface area contributed by atoms with Gasteiger partial charge in [-0.15, -0.1) is 0 Å². The lowest BCUT2D eigenvalue weighted by atomic mass is 10.1. The van der Waals surface area contributed by atoms with Gasteiger partial charge in [0.1, 0.15) is 9.39 Å². The minimum Gasteiger partial charge on any atom is -0.492 e. The molecule has 76 valence electrons. The second-order valence-corrected chi connectivity index (χ2v) is 5.41. The first-order valence-electron chi connectivity index (χ1n) is 4.40. The van der Waals surface area contributed by atoms with Crippen LogP contribution in [0, 0.1) is 8.99 Å². The highest BCUT2D eigenvalue weighted by atomic mass is 127. The number of nitrogens with one attached hydrogen (secondary N) is 1. The summed E-state index contributed by atoms with van der Waals surface area (Å²) in [7, 11) is 0. The number of aromatic nitrogens is 2. The SMILES string of the molecule is CC1(C)CC1c1nc(O)c(I)c(=O)[nH]1. The third kappa shape index (κ3) is 1.53. The van der Waals surface area contributed by atoms with Crippen molar-refractivity contribution in [3.63, 3.8) is 0 Å². The number of hydrogen-bond acceptors (Lipinski definition) is 3. The van der Waals surface area contributed by atoms with E-state index in [1.807, 2.05) is 0 Å². The van der Waals surface area contributed by atoms with E-state index in [1.54, 1.807) is 22.6 Å². The van der Waals surface area contributed by atoms with Crippen molar-refractivity contribution < 1.29 is 5.11 Å². The van der Waals surface area contributed by atoms with Gasteiger partial charge in [0.25, 0.3) is 5.56 Å². The van der Waals surface area contributed by atoms with Crippen LogP contribution in [0.1, 0.15) is 32.0 Å². The fraction of sp³-hybridized carbons (Fsp3) is 0.556. The lowest BCUT2D eigenvalue weighted by Gasteiger charge is -2.03. The van der Waals surface area contributed by atoms with Crippen LogP contribution in [-0.4, -0.2) is 15.1 Å². The Labute approximate surface area is 94.9 Å². The van der Waals surface area contributed by atoms with Crippen LogP contribution in [0.2, 0.25) is 0 Å². The minimum absolute atomic E-state index is 0.160. The third-order valence-electron chi connectivity index (χ3n) is 2.71. The van der Waals surface area contributed by atoms with E-state index >= 15 is 0 Å². The summed E-state index contributed by atoms with van der Waals surface area (Å²) in [5.74, 6) is 0.725. The molecule has 0 amide bonds. The summed E-state index contributed by atoms with van der Waals surface area (Å²) in [6.07, 6.45) is 1.01. The molecule has 5 heteroatoms. The number of H-pyrrole nitrogens is 1. The molecule has 1 unspecified atom stereocenters. The molecule has 1 aromatic rings. The van der Waals surface area contributed by atoms with Crippen molar-refractivity contribution in [3.8, 4) is 5.88 Å². The van der Waals surface area contributed by atoms with Crippen LogP contribution in [0.15, 0.2) is 4.79 Å². The maximum absolute atomic E-state index is 11.3. The summed E-state index contributed by atoms with van der Waals surface area (Å²) in [6.45, 7) is 4.24.